The summed E-state index contributed by atoms with van der Waals surface area (Å²) in [5.41, 5.74) is 0.564. The minimum absolute atomic E-state index is 0.00178. The number of halogens is 3. The number of hydrogen-bond acceptors (Lipinski definition) is 3. The first-order valence-electron chi connectivity index (χ1n) is 5.76. The van der Waals surface area contributed by atoms with Crippen molar-refractivity contribution in [2.75, 3.05) is 6.54 Å². The molecule has 2 aromatic rings. The molecule has 0 aliphatic rings. The molecule has 1 unspecified atom stereocenters. The molecule has 0 bridgehead atoms. The highest BCUT2D eigenvalue weighted by molar-refractivity contribution is 5.94. The molecule has 0 aliphatic carbocycles. The Morgan fingerprint density at radius 1 is 1.25 bits per heavy atom. The zero-order chi connectivity index (χ0) is 14.8. The lowest BCUT2D eigenvalue weighted by Crippen LogP contribution is -2.40. The largest absolute Gasteiger partial charge is 0.416 e. The molecule has 1 atom stereocenters. The molecule has 106 valence electrons. The van der Waals surface area contributed by atoms with Crippen LogP contribution < -0.4 is 5.32 Å². The first-order valence-corrected chi connectivity index (χ1v) is 5.76. The Balaban J connectivity index is 2.08. The van der Waals surface area contributed by atoms with Gasteiger partial charge in [-0.25, -0.2) is 4.98 Å². The van der Waals surface area contributed by atoms with E-state index in [1.54, 1.807) is 24.3 Å². The Morgan fingerprint density at radius 2 is 1.95 bits per heavy atom. The van der Waals surface area contributed by atoms with Crippen LogP contribution in [0.15, 0.2) is 36.4 Å². The van der Waals surface area contributed by atoms with Crippen molar-refractivity contribution in [2.45, 2.75) is 12.3 Å². The number of amides is 1. The molecule has 0 saturated carbocycles. The molecule has 7 heteroatoms. The third kappa shape index (κ3) is 3.24. The maximum atomic E-state index is 12.1. The minimum Gasteiger partial charge on any atom is -0.382 e. The Morgan fingerprint density at radius 3 is 2.65 bits per heavy atom. The van der Waals surface area contributed by atoms with Crippen LogP contribution in [0.2, 0.25) is 0 Å². The maximum absolute atomic E-state index is 12.1. The highest BCUT2D eigenvalue weighted by Gasteiger charge is 2.38. The lowest BCUT2D eigenvalue weighted by Gasteiger charge is -2.14. The first-order chi connectivity index (χ1) is 9.38. The van der Waals surface area contributed by atoms with Crippen molar-refractivity contribution < 1.29 is 23.1 Å². The molecular formula is C13H11F3N2O2. The second-order valence-electron chi connectivity index (χ2n) is 4.16. The van der Waals surface area contributed by atoms with E-state index >= 15 is 0 Å². The van der Waals surface area contributed by atoms with Crippen LogP contribution in [0.25, 0.3) is 10.9 Å². The lowest BCUT2D eigenvalue weighted by molar-refractivity contribution is -0.201. The van der Waals surface area contributed by atoms with Crippen LogP contribution in [0.1, 0.15) is 10.5 Å². The molecule has 1 aromatic heterocycles. The van der Waals surface area contributed by atoms with Gasteiger partial charge in [0.25, 0.3) is 5.91 Å². The third-order valence-corrected chi connectivity index (χ3v) is 2.66. The Labute approximate surface area is 112 Å². The van der Waals surface area contributed by atoms with Crippen molar-refractivity contribution in [3.05, 3.63) is 42.1 Å². The quantitative estimate of drug-likeness (QED) is 0.904. The van der Waals surface area contributed by atoms with E-state index in [1.165, 1.54) is 6.07 Å². The number of aliphatic hydroxyl groups excluding tert-OH is 1. The lowest BCUT2D eigenvalue weighted by atomic mass is 10.2. The monoisotopic (exact) mass is 284 g/mol. The molecule has 2 rings (SSSR count). The number of aliphatic hydroxyl groups is 1. The fraction of sp³-hybridized carbons (Fsp3) is 0.231. The Kier molecular flexibility index (Phi) is 3.89. The number of nitrogens with one attached hydrogen (secondary N) is 1. The van der Waals surface area contributed by atoms with Gasteiger partial charge in [-0.1, -0.05) is 24.3 Å². The fourth-order valence-corrected chi connectivity index (χ4v) is 1.59. The van der Waals surface area contributed by atoms with Crippen molar-refractivity contribution in [1.29, 1.82) is 0 Å². The smallest absolute Gasteiger partial charge is 0.382 e. The summed E-state index contributed by atoms with van der Waals surface area (Å²) >= 11 is 0. The Bertz CT molecular complexity index is 628. The number of benzene rings is 1. The standard InChI is InChI=1S/C13H11F3N2O2/c14-13(15,16)11(19)7-17-12(20)10-6-5-8-3-1-2-4-9(8)18-10/h1-6,11,19H,7H2,(H,17,20). The average molecular weight is 284 g/mol. The number of carbonyl (C=O) groups excluding carboxylic acids is 1. The van der Waals surface area contributed by atoms with Crippen LogP contribution in [0.5, 0.6) is 0 Å². The van der Waals surface area contributed by atoms with E-state index in [9.17, 15) is 18.0 Å². The van der Waals surface area contributed by atoms with Gasteiger partial charge in [0.2, 0.25) is 0 Å². The summed E-state index contributed by atoms with van der Waals surface area (Å²) in [6.45, 7) is -0.906. The van der Waals surface area contributed by atoms with Crippen molar-refractivity contribution in [3.63, 3.8) is 0 Å². The summed E-state index contributed by atoms with van der Waals surface area (Å²) in [6.07, 6.45) is -7.35. The second-order valence-corrected chi connectivity index (χ2v) is 4.16. The van der Waals surface area contributed by atoms with Crippen LogP contribution in [0, 0.1) is 0 Å². The molecule has 1 amide bonds. The van der Waals surface area contributed by atoms with E-state index in [0.717, 1.165) is 5.39 Å². The minimum atomic E-state index is -4.76. The molecule has 2 N–H and O–H groups in total. The average Bonchev–Trinajstić information content (AvgIpc) is 2.42. The summed E-state index contributed by atoms with van der Waals surface area (Å²) in [5, 5.41) is 11.6. The van der Waals surface area contributed by atoms with Gasteiger partial charge in [-0.15, -0.1) is 0 Å². The highest BCUT2D eigenvalue weighted by atomic mass is 19.4. The number of alkyl halides is 3. The number of carbonyl (C=O) groups is 1. The van der Waals surface area contributed by atoms with Gasteiger partial charge in [0.15, 0.2) is 6.10 Å². The molecule has 0 spiro atoms. The number of fused-ring (bicyclic) bond motifs is 1. The van der Waals surface area contributed by atoms with Gasteiger partial charge in [-0.05, 0) is 12.1 Å². The number of nitrogens with zero attached hydrogens (tertiary/aromatic N) is 1. The number of rotatable bonds is 3. The van der Waals surface area contributed by atoms with Gasteiger partial charge in [0.05, 0.1) is 12.1 Å². The summed E-state index contributed by atoms with van der Waals surface area (Å²) < 4.78 is 36.3. The summed E-state index contributed by atoms with van der Waals surface area (Å²) in [6, 6.07) is 10.1. The molecule has 0 radical (unpaired) electrons. The van der Waals surface area contributed by atoms with E-state index in [1.807, 2.05) is 11.4 Å². The van der Waals surface area contributed by atoms with Crippen molar-refractivity contribution >= 4 is 16.8 Å². The number of pyridine rings is 1. The van der Waals surface area contributed by atoms with E-state index < -0.39 is 24.7 Å². The highest BCUT2D eigenvalue weighted by Crippen LogP contribution is 2.19. The van der Waals surface area contributed by atoms with E-state index in [4.69, 9.17) is 5.11 Å². The van der Waals surface area contributed by atoms with Crippen LogP contribution in [0.3, 0.4) is 0 Å². The van der Waals surface area contributed by atoms with Crippen molar-refractivity contribution in [2.24, 2.45) is 0 Å². The molecule has 0 aliphatic heterocycles. The van der Waals surface area contributed by atoms with Crippen LogP contribution in [-0.2, 0) is 0 Å². The topological polar surface area (TPSA) is 62.2 Å². The van der Waals surface area contributed by atoms with E-state index in [-0.39, 0.29) is 5.69 Å². The van der Waals surface area contributed by atoms with Crippen LogP contribution in [0.4, 0.5) is 13.2 Å². The van der Waals surface area contributed by atoms with Gasteiger partial charge in [0, 0.05) is 5.39 Å². The summed E-state index contributed by atoms with van der Waals surface area (Å²) in [7, 11) is 0. The SMILES string of the molecule is O=C(NCC(O)C(F)(F)F)c1ccc2ccccc2n1. The zero-order valence-electron chi connectivity index (χ0n) is 10.2. The van der Waals surface area contributed by atoms with Crippen LogP contribution >= 0.6 is 0 Å². The molecule has 0 saturated heterocycles. The Hall–Kier alpha value is -2.15. The fourth-order valence-electron chi connectivity index (χ4n) is 1.59. The van der Waals surface area contributed by atoms with Gasteiger partial charge in [-0.2, -0.15) is 13.2 Å². The predicted molar refractivity (Wildman–Crippen MR) is 66.1 cm³/mol. The van der Waals surface area contributed by atoms with Gasteiger partial charge >= 0.3 is 6.18 Å². The maximum Gasteiger partial charge on any atom is 0.416 e. The number of para-hydroxylation sites is 1. The third-order valence-electron chi connectivity index (χ3n) is 2.66. The van der Waals surface area contributed by atoms with Crippen molar-refractivity contribution in [3.8, 4) is 0 Å². The first kappa shape index (κ1) is 14.3. The molecular weight excluding hydrogens is 273 g/mol. The van der Waals surface area contributed by atoms with Crippen LogP contribution in [-0.4, -0.2) is 34.8 Å². The summed E-state index contributed by atoms with van der Waals surface area (Å²) in [4.78, 5) is 15.7. The van der Waals surface area contributed by atoms with Gasteiger partial charge in [0.1, 0.15) is 5.69 Å². The van der Waals surface area contributed by atoms with Gasteiger partial charge in [-0.3, -0.25) is 4.79 Å². The second kappa shape index (κ2) is 5.46. The normalized spacial score (nSPS) is 13.2. The molecule has 0 fully saturated rings. The predicted octanol–water partition coefficient (Wildman–Crippen LogP) is 1.89. The van der Waals surface area contributed by atoms with Gasteiger partial charge < -0.3 is 10.4 Å². The molecule has 20 heavy (non-hydrogen) atoms. The van der Waals surface area contributed by atoms with E-state index in [0.29, 0.717) is 5.52 Å². The summed E-state index contributed by atoms with van der Waals surface area (Å²) in [5.74, 6) is -0.765. The zero-order valence-corrected chi connectivity index (χ0v) is 10.2. The van der Waals surface area contributed by atoms with E-state index in [2.05, 4.69) is 4.98 Å². The number of hydrogen-bond donors (Lipinski definition) is 2. The van der Waals surface area contributed by atoms with Crippen molar-refractivity contribution in [1.82, 2.24) is 10.3 Å². The number of aromatic nitrogens is 1. The molecule has 4 nitrogen and oxygen atoms in total. The molecule has 1 aromatic carbocycles. The molecule has 1 heterocycles.